The zero-order valence-corrected chi connectivity index (χ0v) is 13.4. The van der Waals surface area contributed by atoms with Gasteiger partial charge < -0.3 is 15.8 Å². The lowest BCUT2D eigenvalue weighted by atomic mass is 10.2. The van der Waals surface area contributed by atoms with Gasteiger partial charge in [0.25, 0.3) is 5.91 Å². The number of carbonyl (C=O) groups is 1. The van der Waals surface area contributed by atoms with Gasteiger partial charge in [0.2, 0.25) is 5.95 Å². The van der Waals surface area contributed by atoms with Crippen LogP contribution in [-0.2, 0) is 0 Å². The monoisotopic (exact) mass is 336 g/mol. The SMILES string of the molecule is COc1cccc(Nc2nnc(N)n(C(=O)c3ccccc3)c2=N)c1. The first-order chi connectivity index (χ1) is 12.1. The number of benzene rings is 2. The molecule has 0 spiro atoms. The minimum Gasteiger partial charge on any atom is -0.497 e. The molecular weight excluding hydrogens is 320 g/mol. The predicted octanol–water partition coefficient (Wildman–Crippen LogP) is 1.78. The first-order valence-corrected chi connectivity index (χ1v) is 7.41. The lowest BCUT2D eigenvalue weighted by molar-refractivity contribution is 0.0956. The van der Waals surface area contributed by atoms with Crippen LogP contribution in [0.2, 0.25) is 0 Å². The van der Waals surface area contributed by atoms with Crippen LogP contribution in [-0.4, -0.2) is 27.8 Å². The van der Waals surface area contributed by atoms with Gasteiger partial charge in [-0.15, -0.1) is 10.2 Å². The molecule has 0 fully saturated rings. The van der Waals surface area contributed by atoms with E-state index in [0.29, 0.717) is 17.0 Å². The Balaban J connectivity index is 2.00. The van der Waals surface area contributed by atoms with Crippen LogP contribution < -0.4 is 21.3 Å². The zero-order valence-electron chi connectivity index (χ0n) is 13.4. The first kappa shape index (κ1) is 16.2. The van der Waals surface area contributed by atoms with Gasteiger partial charge in [-0.1, -0.05) is 24.3 Å². The molecule has 25 heavy (non-hydrogen) atoms. The maximum absolute atomic E-state index is 12.6. The summed E-state index contributed by atoms with van der Waals surface area (Å²) in [4.78, 5) is 12.6. The number of hydrogen-bond donors (Lipinski definition) is 3. The molecule has 0 radical (unpaired) electrons. The standard InChI is InChI=1S/C17H16N6O2/c1-25-13-9-5-8-12(10-13)20-15-14(18)23(17(19)22-21-15)16(24)11-6-3-2-4-7-11/h2-10,18H,1H3,(H2,19,22)(H,20,21). The van der Waals surface area contributed by atoms with E-state index < -0.39 is 5.91 Å². The summed E-state index contributed by atoms with van der Waals surface area (Å²) in [5, 5.41) is 18.9. The summed E-state index contributed by atoms with van der Waals surface area (Å²) in [7, 11) is 1.56. The average Bonchev–Trinajstić information content (AvgIpc) is 2.65. The van der Waals surface area contributed by atoms with Gasteiger partial charge in [-0.3, -0.25) is 10.2 Å². The summed E-state index contributed by atoms with van der Waals surface area (Å²) in [5.41, 5.74) is 6.62. The molecule has 0 saturated carbocycles. The quantitative estimate of drug-likeness (QED) is 0.668. The highest BCUT2D eigenvalue weighted by Gasteiger charge is 2.16. The van der Waals surface area contributed by atoms with Gasteiger partial charge in [0.15, 0.2) is 11.3 Å². The van der Waals surface area contributed by atoms with E-state index in [0.717, 1.165) is 4.57 Å². The number of ether oxygens (including phenoxy) is 1. The summed E-state index contributed by atoms with van der Waals surface area (Å²) in [6, 6.07) is 15.7. The number of nitrogens with zero attached hydrogens (tertiary/aromatic N) is 3. The molecule has 8 nitrogen and oxygen atoms in total. The fourth-order valence-electron chi connectivity index (χ4n) is 2.25. The lowest BCUT2D eigenvalue weighted by Crippen LogP contribution is -2.33. The van der Waals surface area contributed by atoms with E-state index in [1.807, 2.05) is 0 Å². The van der Waals surface area contributed by atoms with E-state index in [1.165, 1.54) is 0 Å². The van der Waals surface area contributed by atoms with Gasteiger partial charge >= 0.3 is 0 Å². The molecule has 4 N–H and O–H groups in total. The number of methoxy groups -OCH3 is 1. The molecule has 3 aromatic rings. The molecule has 0 aliphatic heterocycles. The summed E-state index contributed by atoms with van der Waals surface area (Å²) in [5.74, 6) is 0.140. The Morgan fingerprint density at radius 2 is 1.92 bits per heavy atom. The highest BCUT2D eigenvalue weighted by Crippen LogP contribution is 2.18. The number of nitrogens with one attached hydrogen (secondary N) is 2. The number of aromatic nitrogens is 3. The van der Waals surface area contributed by atoms with E-state index in [9.17, 15) is 4.79 Å². The van der Waals surface area contributed by atoms with Gasteiger partial charge in [-0.2, -0.15) is 0 Å². The predicted molar refractivity (Wildman–Crippen MR) is 92.7 cm³/mol. The number of nitrogen functional groups attached to an aromatic ring is 1. The highest BCUT2D eigenvalue weighted by molar-refractivity contribution is 5.97. The summed E-state index contributed by atoms with van der Waals surface area (Å²) < 4.78 is 6.16. The Labute approximate surface area is 143 Å². The Bertz CT molecular complexity index is 968. The van der Waals surface area contributed by atoms with Crippen LogP contribution in [0.1, 0.15) is 10.4 Å². The van der Waals surface area contributed by atoms with Crippen LogP contribution in [0.5, 0.6) is 5.75 Å². The smallest absolute Gasteiger partial charge is 0.266 e. The van der Waals surface area contributed by atoms with Crippen LogP contribution in [0, 0.1) is 5.41 Å². The summed E-state index contributed by atoms with van der Waals surface area (Å²) in [6.07, 6.45) is 0. The first-order valence-electron chi connectivity index (χ1n) is 7.41. The van der Waals surface area contributed by atoms with Crippen molar-refractivity contribution in [2.45, 2.75) is 0 Å². The molecule has 0 aliphatic carbocycles. The van der Waals surface area contributed by atoms with E-state index in [4.69, 9.17) is 15.9 Å². The third-order valence-corrected chi connectivity index (χ3v) is 3.49. The fourth-order valence-corrected chi connectivity index (χ4v) is 2.25. The van der Waals surface area contributed by atoms with E-state index >= 15 is 0 Å². The van der Waals surface area contributed by atoms with Crippen LogP contribution in [0.3, 0.4) is 0 Å². The van der Waals surface area contributed by atoms with Gasteiger partial charge in [0.1, 0.15) is 5.75 Å². The van der Waals surface area contributed by atoms with Crippen LogP contribution in [0.4, 0.5) is 17.5 Å². The molecule has 0 amide bonds. The number of hydrogen-bond acceptors (Lipinski definition) is 7. The fraction of sp³-hybridized carbons (Fsp3) is 0.0588. The molecule has 3 rings (SSSR count). The van der Waals surface area contributed by atoms with Crippen molar-refractivity contribution >= 4 is 23.4 Å². The van der Waals surface area contributed by atoms with Gasteiger partial charge in [0, 0.05) is 17.3 Å². The highest BCUT2D eigenvalue weighted by atomic mass is 16.5. The molecule has 0 aliphatic rings. The second kappa shape index (κ2) is 6.83. The number of anilines is 3. The summed E-state index contributed by atoms with van der Waals surface area (Å²) >= 11 is 0. The minimum atomic E-state index is -0.452. The molecule has 1 aromatic heterocycles. The Kier molecular flexibility index (Phi) is 4.42. The molecule has 2 aromatic carbocycles. The van der Waals surface area contributed by atoms with Crippen LogP contribution in [0.25, 0.3) is 0 Å². The van der Waals surface area contributed by atoms with Crippen molar-refractivity contribution in [3.05, 3.63) is 65.6 Å². The molecule has 0 atom stereocenters. The summed E-state index contributed by atoms with van der Waals surface area (Å²) in [6.45, 7) is 0. The topological polar surface area (TPSA) is 119 Å². The van der Waals surface area contributed by atoms with Crippen molar-refractivity contribution in [3.63, 3.8) is 0 Å². The minimum absolute atomic E-state index is 0.103. The zero-order chi connectivity index (χ0) is 17.8. The lowest BCUT2D eigenvalue weighted by Gasteiger charge is -2.12. The van der Waals surface area contributed by atoms with Crippen LogP contribution in [0.15, 0.2) is 54.6 Å². The second-order valence-corrected chi connectivity index (χ2v) is 5.12. The second-order valence-electron chi connectivity index (χ2n) is 5.12. The largest absolute Gasteiger partial charge is 0.497 e. The van der Waals surface area contributed by atoms with Crippen molar-refractivity contribution in [2.24, 2.45) is 0 Å². The molecule has 126 valence electrons. The maximum atomic E-state index is 12.6. The van der Waals surface area contributed by atoms with Crippen molar-refractivity contribution in [1.29, 1.82) is 5.41 Å². The van der Waals surface area contributed by atoms with Crippen LogP contribution >= 0.6 is 0 Å². The Hall–Kier alpha value is -3.68. The normalized spacial score (nSPS) is 10.3. The number of rotatable bonds is 4. The third kappa shape index (κ3) is 3.32. The maximum Gasteiger partial charge on any atom is 0.266 e. The van der Waals surface area contributed by atoms with Gasteiger partial charge in [-0.25, -0.2) is 4.57 Å². The van der Waals surface area contributed by atoms with Crippen molar-refractivity contribution in [3.8, 4) is 5.75 Å². The molecule has 8 heteroatoms. The third-order valence-electron chi connectivity index (χ3n) is 3.49. The van der Waals surface area contributed by atoms with Crippen molar-refractivity contribution < 1.29 is 9.53 Å². The molecule has 0 saturated heterocycles. The van der Waals surface area contributed by atoms with E-state index in [-0.39, 0.29) is 17.3 Å². The number of carbonyl (C=O) groups excluding carboxylic acids is 1. The number of nitrogens with two attached hydrogens (primary N) is 1. The molecule has 0 bridgehead atoms. The molecule has 0 unspecified atom stereocenters. The average molecular weight is 336 g/mol. The Morgan fingerprint density at radius 1 is 1.16 bits per heavy atom. The molecular formula is C17H16N6O2. The Morgan fingerprint density at radius 3 is 2.64 bits per heavy atom. The van der Waals surface area contributed by atoms with Gasteiger partial charge in [0.05, 0.1) is 7.11 Å². The van der Waals surface area contributed by atoms with Crippen molar-refractivity contribution in [2.75, 3.05) is 18.2 Å². The molecule has 1 heterocycles. The van der Waals surface area contributed by atoms with Crippen molar-refractivity contribution in [1.82, 2.24) is 14.8 Å². The van der Waals surface area contributed by atoms with Gasteiger partial charge in [-0.05, 0) is 24.3 Å². The van der Waals surface area contributed by atoms with E-state index in [2.05, 4.69) is 15.5 Å². The van der Waals surface area contributed by atoms with E-state index in [1.54, 1.807) is 61.7 Å².